The summed E-state index contributed by atoms with van der Waals surface area (Å²) in [6, 6.07) is 0. The van der Waals surface area contributed by atoms with Crippen molar-refractivity contribution >= 4 is 0 Å². The Balaban J connectivity index is 2.18. The smallest absolute Gasteiger partial charge is 0.154 e. The minimum atomic E-state index is -1.03. The van der Waals surface area contributed by atoms with Gasteiger partial charge in [-0.05, 0) is 18.9 Å². The fraction of sp³-hybridized carbons (Fsp3) is 0.875. The van der Waals surface area contributed by atoms with E-state index in [2.05, 4.69) is 6.92 Å². The fourth-order valence-corrected chi connectivity index (χ4v) is 2.44. The molecule has 0 aromatic rings. The maximum atomic E-state index is 9.86. The zero-order valence-corrected chi connectivity index (χ0v) is 13.0. The van der Waals surface area contributed by atoms with Crippen molar-refractivity contribution in [2.45, 2.75) is 76.3 Å². The van der Waals surface area contributed by atoms with Gasteiger partial charge in [-0.15, -0.1) is 0 Å². The second kappa shape index (κ2) is 11.0. The summed E-state index contributed by atoms with van der Waals surface area (Å²) < 4.78 is 10.7. The van der Waals surface area contributed by atoms with Gasteiger partial charge in [0.1, 0.15) is 18.3 Å². The summed E-state index contributed by atoms with van der Waals surface area (Å²) in [6.45, 7) is 1.99. The molecule has 3 N–H and O–H groups in total. The molecule has 4 atom stereocenters. The molecular weight excluding hydrogens is 272 g/mol. The van der Waals surface area contributed by atoms with E-state index in [0.717, 1.165) is 12.8 Å². The van der Waals surface area contributed by atoms with Crippen molar-refractivity contribution in [3.8, 4) is 0 Å². The van der Waals surface area contributed by atoms with E-state index in [1.54, 1.807) is 6.26 Å². The Morgan fingerprint density at radius 2 is 1.86 bits per heavy atom. The summed E-state index contributed by atoms with van der Waals surface area (Å²) in [6.07, 6.45) is 8.57. The minimum Gasteiger partial charge on any atom is -0.493 e. The molecule has 0 aromatic carbocycles. The normalized spacial score (nSPS) is 29.9. The summed E-state index contributed by atoms with van der Waals surface area (Å²) >= 11 is 0. The molecule has 0 saturated carbocycles. The zero-order chi connectivity index (χ0) is 15.5. The summed E-state index contributed by atoms with van der Waals surface area (Å²) in [5, 5.41) is 28.6. The van der Waals surface area contributed by atoms with Crippen molar-refractivity contribution in [3.05, 3.63) is 12.3 Å². The molecule has 0 aliphatic carbocycles. The Labute approximate surface area is 127 Å². The van der Waals surface area contributed by atoms with Gasteiger partial charge in [0.05, 0.1) is 19.5 Å². The molecule has 5 nitrogen and oxygen atoms in total. The van der Waals surface area contributed by atoms with Crippen LogP contribution < -0.4 is 0 Å². The van der Waals surface area contributed by atoms with E-state index in [9.17, 15) is 15.3 Å². The molecule has 0 bridgehead atoms. The van der Waals surface area contributed by atoms with Gasteiger partial charge < -0.3 is 24.8 Å². The third kappa shape index (κ3) is 6.78. The van der Waals surface area contributed by atoms with Gasteiger partial charge in [-0.1, -0.05) is 39.0 Å². The van der Waals surface area contributed by atoms with Crippen LogP contribution >= 0.6 is 0 Å². The highest BCUT2D eigenvalue weighted by Crippen LogP contribution is 2.19. The van der Waals surface area contributed by atoms with Crippen LogP contribution in [0.1, 0.15) is 51.9 Å². The van der Waals surface area contributed by atoms with Gasteiger partial charge >= 0.3 is 0 Å². The van der Waals surface area contributed by atoms with Crippen LogP contribution in [0.3, 0.4) is 0 Å². The quantitative estimate of drug-likeness (QED) is 0.423. The van der Waals surface area contributed by atoms with Crippen molar-refractivity contribution in [2.24, 2.45) is 0 Å². The van der Waals surface area contributed by atoms with Gasteiger partial charge in [0.25, 0.3) is 0 Å². The first-order chi connectivity index (χ1) is 10.2. The SMILES string of the molecule is CCCCCCCC/C=C/O[C@@H]1[C@@H](O)[C@H](O)CO[C@H]1CO. The predicted molar refractivity (Wildman–Crippen MR) is 80.8 cm³/mol. The van der Waals surface area contributed by atoms with Crippen molar-refractivity contribution < 1.29 is 24.8 Å². The van der Waals surface area contributed by atoms with Crippen LogP contribution in [0.2, 0.25) is 0 Å². The molecule has 0 spiro atoms. The second-order valence-corrected chi connectivity index (χ2v) is 5.64. The molecule has 1 rings (SSSR count). The van der Waals surface area contributed by atoms with E-state index < -0.39 is 24.4 Å². The van der Waals surface area contributed by atoms with E-state index >= 15 is 0 Å². The first-order valence-corrected chi connectivity index (χ1v) is 8.09. The average molecular weight is 302 g/mol. The zero-order valence-electron chi connectivity index (χ0n) is 13.0. The number of hydrogen-bond acceptors (Lipinski definition) is 5. The first-order valence-electron chi connectivity index (χ1n) is 8.09. The molecule has 5 heteroatoms. The number of ether oxygens (including phenoxy) is 2. The molecule has 0 aromatic heterocycles. The topological polar surface area (TPSA) is 79.2 Å². The maximum Gasteiger partial charge on any atom is 0.154 e. The van der Waals surface area contributed by atoms with Gasteiger partial charge in [-0.25, -0.2) is 0 Å². The van der Waals surface area contributed by atoms with Crippen LogP contribution in [-0.4, -0.2) is 52.9 Å². The molecule has 1 aliphatic heterocycles. The minimum absolute atomic E-state index is 0.0216. The van der Waals surface area contributed by atoms with Crippen LogP contribution in [0.4, 0.5) is 0 Å². The average Bonchev–Trinajstić information content (AvgIpc) is 2.49. The third-order valence-electron chi connectivity index (χ3n) is 3.81. The highest BCUT2D eigenvalue weighted by molar-refractivity contribution is 4.89. The summed E-state index contributed by atoms with van der Waals surface area (Å²) in [5.41, 5.74) is 0. The second-order valence-electron chi connectivity index (χ2n) is 5.64. The van der Waals surface area contributed by atoms with Gasteiger partial charge in [0, 0.05) is 0 Å². The van der Waals surface area contributed by atoms with Crippen molar-refractivity contribution in [2.75, 3.05) is 13.2 Å². The van der Waals surface area contributed by atoms with E-state index in [1.165, 1.54) is 32.1 Å². The molecule has 1 aliphatic rings. The summed E-state index contributed by atoms with van der Waals surface area (Å²) in [4.78, 5) is 0. The standard InChI is InChI=1S/C16H30O5/c1-2-3-4-5-6-7-8-9-10-20-16-14(11-17)21-12-13(18)15(16)19/h9-10,13-19H,2-8,11-12H2,1H3/b10-9+/t13-,14+,15+,16+/m1/s1. The van der Waals surface area contributed by atoms with Crippen LogP contribution in [0.25, 0.3) is 0 Å². The van der Waals surface area contributed by atoms with E-state index in [-0.39, 0.29) is 13.2 Å². The molecule has 1 saturated heterocycles. The van der Waals surface area contributed by atoms with Gasteiger partial charge in [0.15, 0.2) is 6.10 Å². The predicted octanol–water partition coefficient (Wildman–Crippen LogP) is 1.75. The van der Waals surface area contributed by atoms with Crippen LogP contribution in [0.15, 0.2) is 12.3 Å². The molecule has 21 heavy (non-hydrogen) atoms. The van der Waals surface area contributed by atoms with Crippen molar-refractivity contribution in [1.29, 1.82) is 0 Å². The Morgan fingerprint density at radius 1 is 1.14 bits per heavy atom. The Hall–Kier alpha value is -0.620. The largest absolute Gasteiger partial charge is 0.493 e. The number of allylic oxidation sites excluding steroid dienone is 1. The number of aliphatic hydroxyl groups excluding tert-OH is 3. The molecule has 124 valence electrons. The van der Waals surface area contributed by atoms with Crippen molar-refractivity contribution in [3.63, 3.8) is 0 Å². The number of rotatable bonds is 10. The molecule has 0 unspecified atom stereocenters. The summed E-state index contributed by atoms with van der Waals surface area (Å²) in [7, 11) is 0. The Morgan fingerprint density at radius 3 is 2.57 bits per heavy atom. The van der Waals surface area contributed by atoms with Gasteiger partial charge in [0.2, 0.25) is 0 Å². The molecule has 0 radical (unpaired) electrons. The number of hydrogen-bond donors (Lipinski definition) is 3. The number of aliphatic hydroxyl groups is 3. The van der Waals surface area contributed by atoms with Crippen molar-refractivity contribution in [1.82, 2.24) is 0 Å². The lowest BCUT2D eigenvalue weighted by Gasteiger charge is -2.36. The first kappa shape index (κ1) is 18.4. The fourth-order valence-electron chi connectivity index (χ4n) is 2.44. The Kier molecular flexibility index (Phi) is 9.67. The van der Waals surface area contributed by atoms with E-state index in [1.807, 2.05) is 6.08 Å². The lowest BCUT2D eigenvalue weighted by atomic mass is 10.0. The lowest BCUT2D eigenvalue weighted by molar-refractivity contribution is -0.197. The van der Waals surface area contributed by atoms with E-state index in [4.69, 9.17) is 9.47 Å². The number of unbranched alkanes of at least 4 members (excludes halogenated alkanes) is 6. The van der Waals surface area contributed by atoms with Gasteiger partial charge in [-0.2, -0.15) is 0 Å². The Bertz CT molecular complexity index is 280. The highest BCUT2D eigenvalue weighted by Gasteiger charge is 2.39. The van der Waals surface area contributed by atoms with Crippen LogP contribution in [0.5, 0.6) is 0 Å². The molecule has 1 fully saturated rings. The monoisotopic (exact) mass is 302 g/mol. The summed E-state index contributed by atoms with van der Waals surface area (Å²) in [5.74, 6) is 0. The lowest BCUT2D eigenvalue weighted by Crippen LogP contribution is -2.54. The highest BCUT2D eigenvalue weighted by atomic mass is 16.6. The maximum absolute atomic E-state index is 9.86. The molecule has 1 heterocycles. The molecule has 0 amide bonds. The van der Waals surface area contributed by atoms with E-state index in [0.29, 0.717) is 0 Å². The van der Waals surface area contributed by atoms with Gasteiger partial charge in [-0.3, -0.25) is 0 Å². The van der Waals surface area contributed by atoms with Crippen LogP contribution in [-0.2, 0) is 9.47 Å². The van der Waals surface area contributed by atoms with Crippen LogP contribution in [0, 0.1) is 0 Å². The third-order valence-corrected chi connectivity index (χ3v) is 3.81. The molecular formula is C16H30O5.